The summed E-state index contributed by atoms with van der Waals surface area (Å²) < 4.78 is 6.03. The average molecular weight is 447 g/mol. The Kier molecular flexibility index (Phi) is 8.92. The molecule has 0 amide bonds. The maximum atomic E-state index is 8.36. The molecule has 0 bridgehead atoms. The Hall–Kier alpha value is -0.830. The minimum Gasteiger partial charge on any atom is -0.483 e. The van der Waals surface area contributed by atoms with Gasteiger partial charge in [-0.1, -0.05) is 58.6 Å². The Balaban J connectivity index is 0.000000913. The molecule has 184 valence electrons. The summed E-state index contributed by atoms with van der Waals surface area (Å²) in [6.45, 7) is 12.9. The van der Waals surface area contributed by atoms with E-state index in [9.17, 15) is 0 Å². The van der Waals surface area contributed by atoms with Crippen molar-refractivity contribution < 1.29 is 14.6 Å². The number of rotatable bonds is 7. The molecular weight excluding hydrogens is 396 g/mol. The summed E-state index contributed by atoms with van der Waals surface area (Å²) in [7, 11) is 0. The predicted molar refractivity (Wildman–Crippen MR) is 133 cm³/mol. The van der Waals surface area contributed by atoms with Crippen LogP contribution in [0.4, 0.5) is 0 Å². The average Bonchev–Trinajstić information content (AvgIpc) is 3.08. The van der Waals surface area contributed by atoms with Crippen molar-refractivity contribution in [1.82, 2.24) is 0 Å². The van der Waals surface area contributed by atoms with Crippen LogP contribution >= 0.6 is 0 Å². The Labute approximate surface area is 197 Å². The van der Waals surface area contributed by atoms with E-state index in [1.165, 1.54) is 77.0 Å². The van der Waals surface area contributed by atoms with Crippen molar-refractivity contribution in [3.05, 3.63) is 11.6 Å². The van der Waals surface area contributed by atoms with Crippen LogP contribution in [0.2, 0.25) is 0 Å². The smallest absolute Gasteiger partial charge is 0.290 e. The highest BCUT2D eigenvalue weighted by Gasteiger charge is 2.58. The third-order valence-electron chi connectivity index (χ3n) is 10.2. The van der Waals surface area contributed by atoms with Crippen molar-refractivity contribution in [3.63, 3.8) is 0 Å². The molecule has 3 saturated carbocycles. The fourth-order valence-electron chi connectivity index (χ4n) is 8.53. The molecule has 5 unspecified atom stereocenters. The van der Waals surface area contributed by atoms with Gasteiger partial charge in [0.1, 0.15) is 0 Å². The van der Waals surface area contributed by atoms with Crippen LogP contribution in [0.25, 0.3) is 0 Å². The molecule has 7 atom stereocenters. The van der Waals surface area contributed by atoms with Gasteiger partial charge in [0.15, 0.2) is 0 Å². The van der Waals surface area contributed by atoms with Gasteiger partial charge in [-0.15, -0.1) is 0 Å². The first kappa shape index (κ1) is 25.8. The van der Waals surface area contributed by atoms with Crippen LogP contribution in [0, 0.1) is 40.4 Å². The topological polar surface area (TPSA) is 46.5 Å². The maximum Gasteiger partial charge on any atom is 0.290 e. The number of unbranched alkanes of at least 4 members (excludes halogenated alkanes) is 1. The molecule has 0 aromatic heterocycles. The van der Waals surface area contributed by atoms with Crippen molar-refractivity contribution in [2.45, 2.75) is 118 Å². The van der Waals surface area contributed by atoms with Crippen LogP contribution in [0.15, 0.2) is 11.6 Å². The van der Waals surface area contributed by atoms with Gasteiger partial charge in [-0.05, 0) is 105 Å². The van der Waals surface area contributed by atoms with Gasteiger partial charge in [0.05, 0.1) is 6.10 Å². The van der Waals surface area contributed by atoms with Crippen LogP contribution in [0.3, 0.4) is 0 Å². The monoisotopic (exact) mass is 446 g/mol. The minimum absolute atomic E-state index is 0.250. The van der Waals surface area contributed by atoms with Gasteiger partial charge in [0.2, 0.25) is 0 Å². The summed E-state index contributed by atoms with van der Waals surface area (Å²) in [5.74, 6) is 4.79. The van der Waals surface area contributed by atoms with E-state index in [1.807, 2.05) is 0 Å². The highest BCUT2D eigenvalue weighted by molar-refractivity contribution is 5.32. The Morgan fingerprint density at radius 2 is 1.88 bits per heavy atom. The van der Waals surface area contributed by atoms with Crippen LogP contribution in [0.1, 0.15) is 112 Å². The summed E-state index contributed by atoms with van der Waals surface area (Å²) in [6.07, 6.45) is 20.3. The summed E-state index contributed by atoms with van der Waals surface area (Å²) in [5, 5.41) is 6.89. The fourth-order valence-corrected chi connectivity index (χ4v) is 8.53. The summed E-state index contributed by atoms with van der Waals surface area (Å²) in [4.78, 5) is 8.36. The number of hydrogen-bond donors (Lipinski definition) is 1. The molecular formula is C29H50O3. The minimum atomic E-state index is -0.250. The second-order valence-electron chi connectivity index (χ2n) is 12.2. The number of carboxylic acid groups (broad SMARTS) is 1. The quantitative estimate of drug-likeness (QED) is 0.246. The molecule has 0 aromatic carbocycles. The largest absolute Gasteiger partial charge is 0.483 e. The van der Waals surface area contributed by atoms with E-state index in [0.29, 0.717) is 16.9 Å². The highest BCUT2D eigenvalue weighted by Crippen LogP contribution is 2.66. The number of carbonyl (C=O) groups is 1. The first-order valence-electron chi connectivity index (χ1n) is 13.7. The number of allylic oxidation sites excluding steroid dienone is 1. The molecule has 4 rings (SSSR count). The highest BCUT2D eigenvalue weighted by atomic mass is 16.5. The van der Waals surface area contributed by atoms with Crippen LogP contribution < -0.4 is 0 Å². The van der Waals surface area contributed by atoms with E-state index in [0.717, 1.165) is 36.2 Å². The van der Waals surface area contributed by atoms with Crippen molar-refractivity contribution in [2.75, 3.05) is 6.61 Å². The molecule has 0 aromatic rings. The maximum absolute atomic E-state index is 8.36. The third-order valence-corrected chi connectivity index (χ3v) is 10.2. The van der Waals surface area contributed by atoms with Gasteiger partial charge in [-0.3, -0.25) is 4.79 Å². The molecule has 0 saturated heterocycles. The normalized spacial score (nSPS) is 40.4. The van der Waals surface area contributed by atoms with Crippen molar-refractivity contribution >= 4 is 6.47 Å². The second-order valence-corrected chi connectivity index (χ2v) is 12.2. The Bertz CT molecular complexity index is 640. The molecule has 0 heterocycles. The van der Waals surface area contributed by atoms with Crippen LogP contribution in [0.5, 0.6) is 0 Å². The number of hydrogen-bond acceptors (Lipinski definition) is 2. The lowest BCUT2D eigenvalue weighted by Crippen LogP contribution is -2.50. The molecule has 4 aliphatic rings. The van der Waals surface area contributed by atoms with Crippen LogP contribution in [-0.4, -0.2) is 24.3 Å². The van der Waals surface area contributed by atoms with E-state index in [-0.39, 0.29) is 6.47 Å². The molecule has 3 fully saturated rings. The van der Waals surface area contributed by atoms with Gasteiger partial charge in [0.25, 0.3) is 6.47 Å². The zero-order valence-electron chi connectivity index (χ0n) is 21.6. The first-order chi connectivity index (χ1) is 15.3. The van der Waals surface area contributed by atoms with Crippen molar-refractivity contribution in [1.29, 1.82) is 0 Å². The van der Waals surface area contributed by atoms with E-state index in [1.54, 1.807) is 5.57 Å². The summed E-state index contributed by atoms with van der Waals surface area (Å²) >= 11 is 0. The van der Waals surface area contributed by atoms with Crippen molar-refractivity contribution in [3.8, 4) is 0 Å². The van der Waals surface area contributed by atoms with Gasteiger partial charge < -0.3 is 9.84 Å². The molecule has 32 heavy (non-hydrogen) atoms. The van der Waals surface area contributed by atoms with Gasteiger partial charge >= 0.3 is 0 Å². The summed E-state index contributed by atoms with van der Waals surface area (Å²) in [6, 6.07) is 0. The first-order valence-corrected chi connectivity index (χ1v) is 13.7. The fraction of sp³-hybridized carbons (Fsp3) is 0.897. The standard InChI is InChI=1S/C28H48O.CH2O2/c1-6-29-23-15-17-28(5)22(19-23)11-13-24-25-14-12-21(10-8-7-9-20(2)3)27(25,4)18-16-26(24)28;2-1-3/h11,20-21,23-26H,6-10,12-19H2,1-5H3;1H,(H,2,3)/t21-,23+,24?,25?,26?,27?,28?;/m0./s1. The molecule has 0 radical (unpaired) electrons. The predicted octanol–water partition coefficient (Wildman–Crippen LogP) is 7.89. The van der Waals surface area contributed by atoms with E-state index < -0.39 is 0 Å². The Morgan fingerprint density at radius 3 is 2.56 bits per heavy atom. The third kappa shape index (κ3) is 5.13. The SMILES string of the molecule is CCO[C@@H]1CCC2(C)C(=CCC3C2CCC2(C)C3CC[C@@H]2CCCCC(C)C)C1.O=CO. The molecule has 4 aliphatic carbocycles. The lowest BCUT2D eigenvalue weighted by Gasteiger charge is -2.58. The lowest BCUT2D eigenvalue weighted by molar-refractivity contribution is -0.122. The number of ether oxygens (including phenoxy) is 1. The van der Waals surface area contributed by atoms with Gasteiger partial charge in [0, 0.05) is 6.61 Å². The molecule has 1 N–H and O–H groups in total. The molecule has 3 nitrogen and oxygen atoms in total. The lowest BCUT2D eigenvalue weighted by atomic mass is 9.47. The van der Waals surface area contributed by atoms with E-state index in [4.69, 9.17) is 14.6 Å². The number of fused-ring (bicyclic) bond motifs is 5. The second kappa shape index (κ2) is 11.1. The van der Waals surface area contributed by atoms with Crippen LogP contribution in [-0.2, 0) is 9.53 Å². The summed E-state index contributed by atoms with van der Waals surface area (Å²) in [5.41, 5.74) is 2.89. The van der Waals surface area contributed by atoms with E-state index in [2.05, 4.69) is 40.7 Å². The zero-order valence-corrected chi connectivity index (χ0v) is 21.6. The molecule has 0 spiro atoms. The van der Waals surface area contributed by atoms with Gasteiger partial charge in [-0.2, -0.15) is 0 Å². The zero-order chi connectivity index (χ0) is 23.4. The Morgan fingerprint density at radius 1 is 1.12 bits per heavy atom. The van der Waals surface area contributed by atoms with E-state index >= 15 is 0 Å². The molecule has 0 aliphatic heterocycles. The molecule has 3 heteroatoms. The van der Waals surface area contributed by atoms with Crippen molar-refractivity contribution in [2.24, 2.45) is 40.4 Å². The van der Waals surface area contributed by atoms with Gasteiger partial charge in [-0.25, -0.2) is 0 Å².